The average Bonchev–Trinajstić information content (AvgIpc) is 2.33. The van der Waals surface area contributed by atoms with Crippen molar-refractivity contribution in [2.24, 2.45) is 5.41 Å². The summed E-state index contributed by atoms with van der Waals surface area (Å²) in [6.07, 6.45) is 0. The summed E-state index contributed by atoms with van der Waals surface area (Å²) >= 11 is 4.94. The van der Waals surface area contributed by atoms with Crippen molar-refractivity contribution in [1.29, 1.82) is 0 Å². The number of benzene rings is 1. The van der Waals surface area contributed by atoms with E-state index in [0.29, 0.717) is 12.3 Å². The fourth-order valence-electron chi connectivity index (χ4n) is 1.60. The van der Waals surface area contributed by atoms with E-state index in [1.165, 1.54) is 0 Å². The largest absolute Gasteiger partial charge is 0.380 e. The Morgan fingerprint density at radius 2 is 2.11 bits per heavy atom. The third-order valence-electron chi connectivity index (χ3n) is 2.80. The smallest absolute Gasteiger partial charge is 0.230 e. The molecule has 1 aromatic rings. The molecule has 0 atom stereocenters. The highest BCUT2D eigenvalue weighted by atomic mass is 79.9. The van der Waals surface area contributed by atoms with Crippen LogP contribution in [0.15, 0.2) is 33.6 Å². The zero-order valence-corrected chi connectivity index (χ0v) is 12.6. The van der Waals surface area contributed by atoms with Crippen LogP contribution in [0.2, 0.25) is 0 Å². The van der Waals surface area contributed by atoms with Crippen LogP contribution < -0.4 is 5.32 Å². The Labute approximate surface area is 120 Å². The van der Waals surface area contributed by atoms with Crippen molar-refractivity contribution >= 4 is 33.6 Å². The number of thioether (sulfide) groups is 1. The van der Waals surface area contributed by atoms with Crippen molar-refractivity contribution in [3.05, 3.63) is 28.7 Å². The van der Waals surface area contributed by atoms with Gasteiger partial charge < -0.3 is 10.1 Å². The first-order valence-corrected chi connectivity index (χ1v) is 7.58. The van der Waals surface area contributed by atoms with Gasteiger partial charge in [-0.2, -0.15) is 0 Å². The Hall–Kier alpha value is -0.520. The van der Waals surface area contributed by atoms with Crippen LogP contribution in [0.4, 0.5) is 0 Å². The predicted octanol–water partition coefficient (Wildman–Crippen LogP) is 2.69. The van der Waals surface area contributed by atoms with Crippen molar-refractivity contribution in [1.82, 2.24) is 5.32 Å². The first-order valence-electron chi connectivity index (χ1n) is 5.80. The second-order valence-electron chi connectivity index (χ2n) is 4.82. The lowest BCUT2D eigenvalue weighted by Crippen LogP contribution is -2.48. The maximum absolute atomic E-state index is 11.7. The second kappa shape index (κ2) is 6.08. The van der Waals surface area contributed by atoms with E-state index in [4.69, 9.17) is 4.74 Å². The highest BCUT2D eigenvalue weighted by molar-refractivity contribution is 9.10. The minimum absolute atomic E-state index is 0.0797. The van der Waals surface area contributed by atoms with E-state index >= 15 is 0 Å². The Morgan fingerprint density at radius 1 is 1.44 bits per heavy atom. The zero-order chi connectivity index (χ0) is 13.0. The van der Waals surface area contributed by atoms with Crippen LogP contribution in [-0.2, 0) is 9.53 Å². The number of hydrogen-bond acceptors (Lipinski definition) is 3. The molecule has 0 spiro atoms. The lowest BCUT2D eigenvalue weighted by Gasteiger charge is -2.38. The molecule has 5 heteroatoms. The van der Waals surface area contributed by atoms with Crippen molar-refractivity contribution in [3.63, 3.8) is 0 Å². The van der Waals surface area contributed by atoms with Gasteiger partial charge in [-0.05, 0) is 24.3 Å². The quantitative estimate of drug-likeness (QED) is 0.844. The highest BCUT2D eigenvalue weighted by Crippen LogP contribution is 2.25. The summed E-state index contributed by atoms with van der Waals surface area (Å²) in [4.78, 5) is 12.8. The summed E-state index contributed by atoms with van der Waals surface area (Å²) in [5.41, 5.74) is 0.137. The molecule has 1 aromatic carbocycles. The number of ether oxygens (including phenoxy) is 1. The van der Waals surface area contributed by atoms with E-state index in [-0.39, 0.29) is 11.3 Å². The number of nitrogens with one attached hydrogen (secondary N) is 1. The molecule has 1 aliphatic heterocycles. The standard InChI is InChI=1S/C13H16BrNO2S/c1-13(8-17-9-13)7-15-12(16)6-18-11-4-2-10(14)3-5-11/h2-5H,6-9H2,1H3,(H,15,16). The zero-order valence-electron chi connectivity index (χ0n) is 10.2. The Balaban J connectivity index is 1.69. The van der Waals surface area contributed by atoms with Gasteiger partial charge in [-0.25, -0.2) is 0 Å². The van der Waals surface area contributed by atoms with Crippen LogP contribution in [0.3, 0.4) is 0 Å². The summed E-state index contributed by atoms with van der Waals surface area (Å²) in [7, 11) is 0. The summed E-state index contributed by atoms with van der Waals surface area (Å²) in [5.74, 6) is 0.537. The van der Waals surface area contributed by atoms with Gasteiger partial charge in [0.1, 0.15) is 0 Å². The Bertz CT molecular complexity index is 418. The molecule has 0 bridgehead atoms. The molecule has 0 radical (unpaired) electrons. The topological polar surface area (TPSA) is 38.3 Å². The van der Waals surface area contributed by atoms with Crippen molar-refractivity contribution in [2.75, 3.05) is 25.5 Å². The SMILES string of the molecule is CC1(CNC(=O)CSc2ccc(Br)cc2)COC1. The number of carbonyl (C=O) groups is 1. The summed E-state index contributed by atoms with van der Waals surface area (Å²) in [5, 5.41) is 2.96. The molecule has 1 N–H and O–H groups in total. The van der Waals surface area contributed by atoms with Gasteiger partial charge in [0.05, 0.1) is 19.0 Å². The van der Waals surface area contributed by atoms with Crippen molar-refractivity contribution < 1.29 is 9.53 Å². The minimum Gasteiger partial charge on any atom is -0.380 e. The lowest BCUT2D eigenvalue weighted by atomic mass is 9.89. The van der Waals surface area contributed by atoms with E-state index in [9.17, 15) is 4.79 Å². The number of carbonyl (C=O) groups excluding carboxylic acids is 1. The summed E-state index contributed by atoms with van der Waals surface area (Å²) in [6.45, 7) is 4.31. The maximum atomic E-state index is 11.7. The molecule has 3 nitrogen and oxygen atoms in total. The molecule has 18 heavy (non-hydrogen) atoms. The monoisotopic (exact) mass is 329 g/mol. The number of halogens is 1. The summed E-state index contributed by atoms with van der Waals surface area (Å²) < 4.78 is 6.20. The van der Waals surface area contributed by atoms with Crippen LogP contribution in [-0.4, -0.2) is 31.4 Å². The fourth-order valence-corrected chi connectivity index (χ4v) is 2.59. The van der Waals surface area contributed by atoms with Crippen molar-refractivity contribution in [3.8, 4) is 0 Å². The van der Waals surface area contributed by atoms with E-state index in [1.807, 2.05) is 24.3 Å². The molecule has 0 saturated carbocycles. The van der Waals surface area contributed by atoms with Gasteiger partial charge in [0, 0.05) is 21.3 Å². The van der Waals surface area contributed by atoms with Gasteiger partial charge in [-0.3, -0.25) is 4.79 Å². The first kappa shape index (κ1) is 13.9. The molecular formula is C13H16BrNO2S. The first-order chi connectivity index (χ1) is 8.57. The highest BCUT2D eigenvalue weighted by Gasteiger charge is 2.33. The van der Waals surface area contributed by atoms with Crippen LogP contribution >= 0.6 is 27.7 Å². The molecule has 1 saturated heterocycles. The van der Waals surface area contributed by atoms with E-state index in [0.717, 1.165) is 22.6 Å². The molecule has 1 amide bonds. The van der Waals surface area contributed by atoms with Crippen molar-refractivity contribution in [2.45, 2.75) is 11.8 Å². The molecule has 0 aromatic heterocycles. The van der Waals surface area contributed by atoms with E-state index in [2.05, 4.69) is 28.2 Å². The van der Waals surface area contributed by atoms with Gasteiger partial charge >= 0.3 is 0 Å². The van der Waals surface area contributed by atoms with Crippen LogP contribution in [0.1, 0.15) is 6.92 Å². The van der Waals surface area contributed by atoms with Gasteiger partial charge in [0.15, 0.2) is 0 Å². The van der Waals surface area contributed by atoms with Crippen LogP contribution in [0.25, 0.3) is 0 Å². The summed E-state index contributed by atoms with van der Waals surface area (Å²) in [6, 6.07) is 7.96. The van der Waals surface area contributed by atoms with Gasteiger partial charge in [-0.1, -0.05) is 22.9 Å². The van der Waals surface area contributed by atoms with E-state index in [1.54, 1.807) is 11.8 Å². The number of hydrogen-bond donors (Lipinski definition) is 1. The third-order valence-corrected chi connectivity index (χ3v) is 4.34. The number of rotatable bonds is 5. The third kappa shape index (κ3) is 4.00. The van der Waals surface area contributed by atoms with E-state index < -0.39 is 0 Å². The minimum atomic E-state index is 0.0797. The fraction of sp³-hybridized carbons (Fsp3) is 0.462. The second-order valence-corrected chi connectivity index (χ2v) is 6.79. The maximum Gasteiger partial charge on any atom is 0.230 e. The molecule has 98 valence electrons. The molecule has 1 aliphatic rings. The molecule has 0 aliphatic carbocycles. The molecule has 1 fully saturated rings. The average molecular weight is 330 g/mol. The lowest BCUT2D eigenvalue weighted by molar-refractivity contribution is -0.124. The van der Waals surface area contributed by atoms with Gasteiger partial charge in [0.2, 0.25) is 5.91 Å². The Kier molecular flexibility index (Phi) is 4.70. The molecule has 0 unspecified atom stereocenters. The number of amides is 1. The normalized spacial score (nSPS) is 17.0. The van der Waals surface area contributed by atoms with Gasteiger partial charge in [0.25, 0.3) is 0 Å². The Morgan fingerprint density at radius 3 is 2.67 bits per heavy atom. The van der Waals surface area contributed by atoms with Crippen LogP contribution in [0.5, 0.6) is 0 Å². The predicted molar refractivity (Wildman–Crippen MR) is 76.8 cm³/mol. The molecule has 1 heterocycles. The van der Waals surface area contributed by atoms with Crippen LogP contribution in [0, 0.1) is 5.41 Å². The molecular weight excluding hydrogens is 314 g/mol. The van der Waals surface area contributed by atoms with Gasteiger partial charge in [-0.15, -0.1) is 11.8 Å². The molecule has 2 rings (SSSR count).